The van der Waals surface area contributed by atoms with Gasteiger partial charge >= 0.3 is 6.09 Å². The van der Waals surface area contributed by atoms with Gasteiger partial charge in [-0.05, 0) is 49.5 Å². The van der Waals surface area contributed by atoms with Crippen LogP contribution in [0.2, 0.25) is 0 Å². The minimum Gasteiger partial charge on any atom is -0.495 e. The molecule has 1 unspecified atom stereocenters. The number of hydrogen-bond acceptors (Lipinski definition) is 6. The molecule has 3 saturated heterocycles. The van der Waals surface area contributed by atoms with E-state index in [0.717, 1.165) is 54.9 Å². The first-order chi connectivity index (χ1) is 15.4. The summed E-state index contributed by atoms with van der Waals surface area (Å²) in [5.41, 5.74) is 2.64. The zero-order chi connectivity index (χ0) is 22.3. The van der Waals surface area contributed by atoms with Crippen LogP contribution < -0.4 is 14.8 Å². The molecule has 170 valence electrons. The molecule has 2 atom stereocenters. The number of carbonyl (C=O) groups excluding carboxylic acids is 1. The molecule has 32 heavy (non-hydrogen) atoms. The average molecular weight is 438 g/mol. The minimum atomic E-state index is -0.337. The van der Waals surface area contributed by atoms with Crippen LogP contribution in [0.15, 0.2) is 36.7 Å². The summed E-state index contributed by atoms with van der Waals surface area (Å²) in [6.45, 7) is 7.81. The van der Waals surface area contributed by atoms with E-state index in [1.165, 1.54) is 0 Å². The Morgan fingerprint density at radius 3 is 2.72 bits per heavy atom. The van der Waals surface area contributed by atoms with Gasteiger partial charge in [0.15, 0.2) is 0 Å². The molecular weight excluding hydrogens is 406 g/mol. The van der Waals surface area contributed by atoms with E-state index in [0.29, 0.717) is 18.3 Å². The monoisotopic (exact) mass is 437 g/mol. The Morgan fingerprint density at radius 1 is 1.19 bits per heavy atom. The summed E-state index contributed by atoms with van der Waals surface area (Å²) < 4.78 is 17.3. The highest BCUT2D eigenvalue weighted by atomic mass is 16.6. The Balaban J connectivity index is 1.35. The summed E-state index contributed by atoms with van der Waals surface area (Å²) in [5.74, 6) is 1.97. The lowest BCUT2D eigenvalue weighted by Crippen LogP contribution is -2.53. The van der Waals surface area contributed by atoms with E-state index >= 15 is 0 Å². The lowest BCUT2D eigenvalue weighted by atomic mass is 9.78. The third-order valence-corrected chi connectivity index (χ3v) is 7.10. The van der Waals surface area contributed by atoms with Crippen LogP contribution in [0.1, 0.15) is 38.3 Å². The molecule has 0 saturated carbocycles. The van der Waals surface area contributed by atoms with E-state index in [1.807, 2.05) is 24.3 Å². The van der Waals surface area contributed by atoms with Gasteiger partial charge in [-0.1, -0.05) is 26.0 Å². The normalized spacial score (nSPS) is 27.7. The Morgan fingerprint density at radius 2 is 2.00 bits per heavy atom. The van der Waals surface area contributed by atoms with Crippen molar-refractivity contribution in [3.63, 3.8) is 0 Å². The second-order valence-electron chi connectivity index (χ2n) is 9.80. The Hall–Kier alpha value is -2.80. The van der Waals surface area contributed by atoms with Gasteiger partial charge in [-0.25, -0.2) is 4.79 Å². The number of alkyl carbamates (subject to hydrolysis) is 1. The summed E-state index contributed by atoms with van der Waals surface area (Å²) in [5, 5.41) is 3.16. The molecule has 7 heteroatoms. The van der Waals surface area contributed by atoms with E-state index in [4.69, 9.17) is 14.2 Å². The first kappa shape index (κ1) is 21.1. The SMILES string of the molecule is COc1cncc(-c2ccc3c(c2)OCC(C)(C)C3NC(=O)O[C@@H]2CN3CCC2CC3)c1. The molecule has 1 amide bonds. The quantitative estimate of drug-likeness (QED) is 0.778. The van der Waals surface area contributed by atoms with Crippen LogP contribution in [0.3, 0.4) is 0 Å². The summed E-state index contributed by atoms with van der Waals surface area (Å²) in [7, 11) is 1.63. The molecule has 4 aliphatic rings. The highest BCUT2D eigenvalue weighted by Crippen LogP contribution is 2.44. The fraction of sp³-hybridized carbons (Fsp3) is 0.520. The number of aromatic nitrogens is 1. The molecule has 5 heterocycles. The highest BCUT2D eigenvalue weighted by molar-refractivity contribution is 5.70. The molecular formula is C25H31N3O4. The molecule has 2 bridgehead atoms. The van der Waals surface area contributed by atoms with Gasteiger partial charge in [0.1, 0.15) is 17.6 Å². The number of rotatable bonds is 4. The molecule has 1 aromatic heterocycles. The smallest absolute Gasteiger partial charge is 0.407 e. The number of amides is 1. The lowest BCUT2D eigenvalue weighted by Gasteiger charge is -2.44. The molecule has 4 aliphatic heterocycles. The Kier molecular flexibility index (Phi) is 5.45. The molecule has 2 aromatic rings. The highest BCUT2D eigenvalue weighted by Gasteiger charge is 2.41. The van der Waals surface area contributed by atoms with Crippen molar-refractivity contribution in [1.82, 2.24) is 15.2 Å². The maximum absolute atomic E-state index is 12.9. The molecule has 0 radical (unpaired) electrons. The van der Waals surface area contributed by atoms with Crippen molar-refractivity contribution < 1.29 is 19.0 Å². The van der Waals surface area contributed by atoms with Gasteiger partial charge in [-0.2, -0.15) is 0 Å². The molecule has 0 spiro atoms. The Labute approximate surface area is 189 Å². The zero-order valence-electron chi connectivity index (χ0n) is 19.0. The second-order valence-corrected chi connectivity index (χ2v) is 9.80. The van der Waals surface area contributed by atoms with Crippen molar-refractivity contribution in [2.24, 2.45) is 11.3 Å². The van der Waals surface area contributed by atoms with Crippen molar-refractivity contribution in [3.8, 4) is 22.6 Å². The van der Waals surface area contributed by atoms with Gasteiger partial charge in [0.2, 0.25) is 0 Å². The fourth-order valence-corrected chi connectivity index (χ4v) is 5.14. The number of methoxy groups -OCH3 is 1. The molecule has 1 aromatic carbocycles. The van der Waals surface area contributed by atoms with Crippen molar-refractivity contribution >= 4 is 6.09 Å². The number of fused-ring (bicyclic) bond motifs is 4. The first-order valence-electron chi connectivity index (χ1n) is 11.4. The van der Waals surface area contributed by atoms with Crippen molar-refractivity contribution in [2.45, 2.75) is 38.8 Å². The van der Waals surface area contributed by atoms with Gasteiger partial charge in [0.05, 0.1) is 26.0 Å². The predicted molar refractivity (Wildman–Crippen MR) is 121 cm³/mol. The first-order valence-corrected chi connectivity index (χ1v) is 11.4. The second kappa shape index (κ2) is 8.28. The summed E-state index contributed by atoms with van der Waals surface area (Å²) in [6.07, 6.45) is 5.37. The molecule has 6 rings (SSSR count). The lowest BCUT2D eigenvalue weighted by molar-refractivity contribution is -0.0361. The topological polar surface area (TPSA) is 72.9 Å². The van der Waals surface area contributed by atoms with E-state index in [9.17, 15) is 4.79 Å². The number of nitrogens with zero attached hydrogens (tertiary/aromatic N) is 2. The van der Waals surface area contributed by atoms with E-state index in [-0.39, 0.29) is 23.7 Å². The number of ether oxygens (including phenoxy) is 3. The van der Waals surface area contributed by atoms with Crippen molar-refractivity contribution in [3.05, 3.63) is 42.2 Å². The van der Waals surface area contributed by atoms with Crippen LogP contribution in [0.4, 0.5) is 4.79 Å². The minimum absolute atomic E-state index is 0.0112. The van der Waals surface area contributed by atoms with Crippen LogP contribution in [0, 0.1) is 11.3 Å². The van der Waals surface area contributed by atoms with Crippen LogP contribution >= 0.6 is 0 Å². The molecule has 0 aliphatic carbocycles. The maximum atomic E-state index is 12.9. The van der Waals surface area contributed by atoms with E-state index in [1.54, 1.807) is 19.5 Å². The van der Waals surface area contributed by atoms with Crippen LogP contribution in [0.25, 0.3) is 11.1 Å². The average Bonchev–Trinajstić information content (AvgIpc) is 2.81. The van der Waals surface area contributed by atoms with Gasteiger partial charge in [-0.3, -0.25) is 9.88 Å². The molecule has 7 nitrogen and oxygen atoms in total. The zero-order valence-corrected chi connectivity index (χ0v) is 19.0. The number of carbonyl (C=O) groups is 1. The third-order valence-electron chi connectivity index (χ3n) is 7.10. The largest absolute Gasteiger partial charge is 0.495 e. The summed E-state index contributed by atoms with van der Waals surface area (Å²) in [6, 6.07) is 7.83. The van der Waals surface area contributed by atoms with Gasteiger partial charge in [0.25, 0.3) is 0 Å². The number of nitrogens with one attached hydrogen (secondary N) is 1. The molecule has 3 fully saturated rings. The predicted octanol–water partition coefficient (Wildman–Crippen LogP) is 4.04. The number of hydrogen-bond donors (Lipinski definition) is 1. The van der Waals surface area contributed by atoms with Crippen LogP contribution in [-0.2, 0) is 4.74 Å². The van der Waals surface area contributed by atoms with Crippen molar-refractivity contribution in [2.75, 3.05) is 33.4 Å². The Bertz CT molecular complexity index is 1000. The van der Waals surface area contributed by atoms with Gasteiger partial charge in [-0.15, -0.1) is 0 Å². The van der Waals surface area contributed by atoms with Crippen LogP contribution in [0.5, 0.6) is 11.5 Å². The number of piperidine rings is 3. The third kappa shape index (κ3) is 4.01. The van der Waals surface area contributed by atoms with E-state index in [2.05, 4.69) is 29.0 Å². The number of pyridine rings is 1. The summed E-state index contributed by atoms with van der Waals surface area (Å²) >= 11 is 0. The van der Waals surface area contributed by atoms with Gasteiger partial charge in [0, 0.05) is 29.3 Å². The standard InChI is InChI=1S/C25H31N3O4/c1-25(2)15-31-21-11-17(18-10-19(30-3)13-26-12-18)4-5-20(21)23(25)27-24(29)32-22-14-28-8-6-16(22)7-9-28/h4-5,10-13,16,22-23H,6-9,14-15H2,1-3H3,(H,27,29)/t22-,23?/m1/s1. The van der Waals surface area contributed by atoms with Gasteiger partial charge < -0.3 is 19.5 Å². The maximum Gasteiger partial charge on any atom is 0.407 e. The molecule has 1 N–H and O–H groups in total. The van der Waals surface area contributed by atoms with Crippen LogP contribution in [-0.4, -0.2) is 55.4 Å². The van der Waals surface area contributed by atoms with E-state index < -0.39 is 0 Å². The fourth-order valence-electron chi connectivity index (χ4n) is 5.14. The number of benzene rings is 1. The summed E-state index contributed by atoms with van der Waals surface area (Å²) in [4.78, 5) is 19.5. The van der Waals surface area contributed by atoms with Crippen molar-refractivity contribution in [1.29, 1.82) is 0 Å².